The highest BCUT2D eigenvalue weighted by Gasteiger charge is 2.41. The Morgan fingerprint density at radius 3 is 1.93 bits per heavy atom. The summed E-state index contributed by atoms with van der Waals surface area (Å²) in [5.41, 5.74) is 2.96. The van der Waals surface area contributed by atoms with E-state index in [0.717, 1.165) is 22.6 Å². The van der Waals surface area contributed by atoms with Crippen molar-refractivity contribution in [2.24, 2.45) is 11.3 Å². The molecular weight excluding hydrogens is 360 g/mol. The van der Waals surface area contributed by atoms with Gasteiger partial charge >= 0.3 is 5.97 Å². The first-order valence-corrected chi connectivity index (χ1v) is 11.4. The molecule has 1 aromatic carbocycles. The van der Waals surface area contributed by atoms with Crippen LogP contribution >= 0.6 is 0 Å². The third-order valence-corrected chi connectivity index (χ3v) is 7.19. The third kappa shape index (κ3) is 5.16. The summed E-state index contributed by atoms with van der Waals surface area (Å²) in [6.07, 6.45) is 8.69. The molecular formula is C26H40O3. The Morgan fingerprint density at radius 1 is 1.00 bits per heavy atom. The summed E-state index contributed by atoms with van der Waals surface area (Å²) < 4.78 is 5.75. The van der Waals surface area contributed by atoms with E-state index >= 15 is 0 Å². The van der Waals surface area contributed by atoms with Gasteiger partial charge in [0.25, 0.3) is 0 Å². The zero-order valence-electron chi connectivity index (χ0n) is 19.4. The lowest BCUT2D eigenvalue weighted by Crippen LogP contribution is -2.38. The van der Waals surface area contributed by atoms with Crippen LogP contribution in [0.5, 0.6) is 5.75 Å². The number of aryl methyl sites for hydroxylation is 1. The van der Waals surface area contributed by atoms with E-state index in [2.05, 4.69) is 53.7 Å². The predicted octanol–water partition coefficient (Wildman–Crippen LogP) is 6.43. The van der Waals surface area contributed by atoms with Crippen molar-refractivity contribution in [2.75, 3.05) is 6.61 Å². The molecule has 0 unspecified atom stereocenters. The molecule has 0 heterocycles. The maximum Gasteiger partial charge on any atom is 0.306 e. The van der Waals surface area contributed by atoms with E-state index in [9.17, 15) is 9.90 Å². The van der Waals surface area contributed by atoms with Crippen LogP contribution in [0.25, 0.3) is 0 Å². The van der Waals surface area contributed by atoms with Crippen molar-refractivity contribution < 1.29 is 14.6 Å². The number of ether oxygens (including phenoxy) is 1. The highest BCUT2D eigenvalue weighted by molar-refractivity contribution is 5.70. The van der Waals surface area contributed by atoms with Crippen LogP contribution < -0.4 is 0 Å². The van der Waals surface area contributed by atoms with Crippen molar-refractivity contribution in [2.45, 2.75) is 104 Å². The van der Waals surface area contributed by atoms with Crippen molar-refractivity contribution in [3.63, 3.8) is 0 Å². The number of fused-ring (bicyclic) bond motifs is 3. The van der Waals surface area contributed by atoms with Crippen LogP contribution in [0.2, 0.25) is 0 Å². The van der Waals surface area contributed by atoms with Crippen LogP contribution in [0.15, 0.2) is 12.1 Å². The Morgan fingerprint density at radius 2 is 1.48 bits per heavy atom. The molecule has 3 heteroatoms. The molecule has 1 N–H and O–H groups in total. The number of hydrogen-bond acceptors (Lipinski definition) is 3. The molecule has 0 amide bonds. The minimum Gasteiger partial charge on any atom is -0.507 e. The summed E-state index contributed by atoms with van der Waals surface area (Å²) in [5, 5.41) is 10.9. The minimum absolute atomic E-state index is 0.0882. The quantitative estimate of drug-likeness (QED) is 0.579. The van der Waals surface area contributed by atoms with Crippen LogP contribution in [0.1, 0.15) is 103 Å². The van der Waals surface area contributed by atoms with Crippen molar-refractivity contribution in [3.05, 3.63) is 28.8 Å². The van der Waals surface area contributed by atoms with E-state index in [-0.39, 0.29) is 22.2 Å². The highest BCUT2D eigenvalue weighted by Crippen LogP contribution is 2.50. The van der Waals surface area contributed by atoms with E-state index in [1.165, 1.54) is 38.5 Å². The number of rotatable bonds is 5. The lowest BCUT2D eigenvalue weighted by molar-refractivity contribution is -0.150. The van der Waals surface area contributed by atoms with E-state index in [1.807, 2.05) is 0 Å². The lowest BCUT2D eigenvalue weighted by atomic mass is 9.61. The number of hydrogen-bond donors (Lipinski definition) is 1. The Bertz CT molecular complexity index is 691. The second-order valence-corrected chi connectivity index (χ2v) is 11.7. The maximum absolute atomic E-state index is 12.5. The largest absolute Gasteiger partial charge is 0.507 e. The summed E-state index contributed by atoms with van der Waals surface area (Å²) >= 11 is 0. The van der Waals surface area contributed by atoms with Gasteiger partial charge in [0.1, 0.15) is 5.75 Å². The molecule has 0 saturated heterocycles. The van der Waals surface area contributed by atoms with Crippen LogP contribution in [0.3, 0.4) is 0 Å². The van der Waals surface area contributed by atoms with Crippen LogP contribution in [0, 0.1) is 11.3 Å². The molecule has 0 aliphatic heterocycles. The molecule has 0 atom stereocenters. The molecule has 0 spiro atoms. The first kappa shape index (κ1) is 22.2. The molecule has 162 valence electrons. The molecule has 3 fully saturated rings. The molecule has 0 aromatic heterocycles. The molecule has 4 rings (SSSR count). The second-order valence-electron chi connectivity index (χ2n) is 11.7. The second kappa shape index (κ2) is 7.96. The Labute approximate surface area is 177 Å². The first-order chi connectivity index (χ1) is 13.4. The molecule has 3 nitrogen and oxygen atoms in total. The van der Waals surface area contributed by atoms with Crippen LogP contribution in [-0.2, 0) is 26.8 Å². The SMILES string of the molecule is CC(C)(C)c1cc(CCC(=O)OCC23CCC(CC2)CC3)cc(C(C)(C)C)c1O. The summed E-state index contributed by atoms with van der Waals surface area (Å²) in [6.45, 7) is 13.3. The molecule has 3 aliphatic rings. The highest BCUT2D eigenvalue weighted by atomic mass is 16.5. The number of benzene rings is 1. The van der Waals surface area contributed by atoms with Crippen LogP contribution in [-0.4, -0.2) is 17.7 Å². The van der Waals surface area contributed by atoms with Gasteiger partial charge in [-0.25, -0.2) is 0 Å². The molecule has 1 aromatic rings. The molecule has 2 bridgehead atoms. The lowest BCUT2D eigenvalue weighted by Gasteiger charge is -2.46. The summed E-state index contributed by atoms with van der Waals surface area (Å²) in [6, 6.07) is 4.14. The Balaban J connectivity index is 1.65. The van der Waals surface area contributed by atoms with Gasteiger partial charge in [-0.3, -0.25) is 4.79 Å². The zero-order valence-corrected chi connectivity index (χ0v) is 19.4. The third-order valence-electron chi connectivity index (χ3n) is 7.19. The van der Waals surface area contributed by atoms with Gasteiger partial charge in [-0.05, 0) is 78.4 Å². The van der Waals surface area contributed by atoms with E-state index in [1.54, 1.807) is 0 Å². The van der Waals surface area contributed by atoms with Crippen molar-refractivity contribution in [3.8, 4) is 5.75 Å². The van der Waals surface area contributed by atoms with Gasteiger partial charge in [0.15, 0.2) is 0 Å². The molecule has 3 saturated carbocycles. The number of phenols is 1. The van der Waals surface area contributed by atoms with Crippen molar-refractivity contribution >= 4 is 5.97 Å². The maximum atomic E-state index is 12.5. The summed E-state index contributed by atoms with van der Waals surface area (Å²) in [7, 11) is 0. The van der Waals surface area contributed by atoms with Gasteiger partial charge < -0.3 is 9.84 Å². The topological polar surface area (TPSA) is 46.5 Å². The fourth-order valence-corrected chi connectivity index (χ4v) is 5.09. The minimum atomic E-state index is -0.153. The fourth-order valence-electron chi connectivity index (χ4n) is 5.09. The number of esters is 1. The Hall–Kier alpha value is -1.51. The number of carbonyl (C=O) groups is 1. The standard InChI is InChI=1S/C26H40O3/c1-24(2,3)20-15-19(16-21(23(20)28)25(4,5)6)7-8-22(27)29-17-26-12-9-18(10-13-26)11-14-26/h15-16,18,28H,7-14,17H2,1-6H3. The van der Waals surface area contributed by atoms with Gasteiger partial charge in [-0.2, -0.15) is 0 Å². The van der Waals surface area contributed by atoms with Gasteiger partial charge in [0.05, 0.1) is 6.61 Å². The van der Waals surface area contributed by atoms with E-state index < -0.39 is 0 Å². The van der Waals surface area contributed by atoms with Crippen molar-refractivity contribution in [1.82, 2.24) is 0 Å². The number of carbonyl (C=O) groups excluding carboxylic acids is 1. The van der Waals surface area contributed by atoms with Gasteiger partial charge in [0, 0.05) is 11.8 Å². The van der Waals surface area contributed by atoms with Crippen LogP contribution in [0.4, 0.5) is 0 Å². The molecule has 0 radical (unpaired) electrons. The number of aromatic hydroxyl groups is 1. The smallest absolute Gasteiger partial charge is 0.306 e. The Kier molecular flexibility index (Phi) is 6.09. The molecule has 3 aliphatic carbocycles. The van der Waals surface area contributed by atoms with Gasteiger partial charge in [0.2, 0.25) is 0 Å². The summed E-state index contributed by atoms with van der Waals surface area (Å²) in [5.74, 6) is 1.23. The normalized spacial score (nSPS) is 24.6. The monoisotopic (exact) mass is 400 g/mol. The van der Waals surface area contributed by atoms with Crippen molar-refractivity contribution in [1.29, 1.82) is 0 Å². The average Bonchev–Trinajstić information content (AvgIpc) is 2.65. The molecule has 29 heavy (non-hydrogen) atoms. The van der Waals surface area contributed by atoms with E-state index in [4.69, 9.17) is 4.74 Å². The fraction of sp³-hybridized carbons (Fsp3) is 0.731. The number of phenolic OH excluding ortho intramolecular Hbond substituents is 1. The predicted molar refractivity (Wildman–Crippen MR) is 118 cm³/mol. The summed E-state index contributed by atoms with van der Waals surface area (Å²) in [4.78, 5) is 12.5. The first-order valence-electron chi connectivity index (χ1n) is 11.4. The van der Waals surface area contributed by atoms with Gasteiger partial charge in [-0.15, -0.1) is 0 Å². The van der Waals surface area contributed by atoms with Gasteiger partial charge in [-0.1, -0.05) is 53.7 Å². The zero-order chi connectivity index (χ0) is 21.4. The average molecular weight is 401 g/mol. The van der Waals surface area contributed by atoms with E-state index in [0.29, 0.717) is 25.2 Å².